The zero-order valence-corrected chi connectivity index (χ0v) is 13.6. The molecule has 0 saturated heterocycles. The second kappa shape index (κ2) is 5.98. The molecule has 1 aliphatic rings. The van der Waals surface area contributed by atoms with Crippen LogP contribution in [0.4, 0.5) is 0 Å². The number of ether oxygens (including phenoxy) is 2. The minimum atomic E-state index is -1.00. The fraction of sp³-hybridized carbons (Fsp3) is 0.158. The van der Waals surface area contributed by atoms with Crippen molar-refractivity contribution >= 4 is 17.7 Å². The Hall–Kier alpha value is -3.28. The maximum atomic E-state index is 11.0. The Morgan fingerprint density at radius 2 is 2.00 bits per heavy atom. The SMILES string of the molecule is Cc1ccc2nc(-c3ccc4c(c3)OCCO4)c(/C=C/C(=O)O)n2c1. The number of imidazole rings is 1. The number of aromatic nitrogens is 2. The molecule has 1 aliphatic heterocycles. The molecule has 0 spiro atoms. The number of benzene rings is 1. The summed E-state index contributed by atoms with van der Waals surface area (Å²) in [5.41, 5.74) is 4.05. The van der Waals surface area contributed by atoms with Gasteiger partial charge in [0.15, 0.2) is 11.5 Å². The molecule has 0 bridgehead atoms. The van der Waals surface area contributed by atoms with Crippen molar-refractivity contribution < 1.29 is 19.4 Å². The fourth-order valence-corrected chi connectivity index (χ4v) is 2.88. The molecule has 2 aromatic heterocycles. The van der Waals surface area contributed by atoms with Crippen LogP contribution in [0.3, 0.4) is 0 Å². The molecule has 3 aromatic rings. The highest BCUT2D eigenvalue weighted by Gasteiger charge is 2.17. The first-order valence-corrected chi connectivity index (χ1v) is 7.91. The van der Waals surface area contributed by atoms with Gasteiger partial charge >= 0.3 is 5.97 Å². The van der Waals surface area contributed by atoms with E-state index >= 15 is 0 Å². The number of aliphatic carboxylic acids is 1. The first kappa shape index (κ1) is 15.3. The molecule has 0 unspecified atom stereocenters. The van der Waals surface area contributed by atoms with Crippen LogP contribution in [0.25, 0.3) is 23.0 Å². The lowest BCUT2D eigenvalue weighted by atomic mass is 10.1. The Morgan fingerprint density at radius 3 is 2.80 bits per heavy atom. The van der Waals surface area contributed by atoms with Gasteiger partial charge in [-0.05, 0) is 42.8 Å². The van der Waals surface area contributed by atoms with Gasteiger partial charge in [-0.25, -0.2) is 9.78 Å². The molecule has 0 amide bonds. The minimum absolute atomic E-state index is 0.507. The van der Waals surface area contributed by atoms with Gasteiger partial charge in [-0.1, -0.05) is 6.07 Å². The van der Waals surface area contributed by atoms with Crippen LogP contribution in [0.5, 0.6) is 11.5 Å². The van der Waals surface area contributed by atoms with E-state index in [-0.39, 0.29) is 0 Å². The quantitative estimate of drug-likeness (QED) is 0.744. The van der Waals surface area contributed by atoms with Crippen LogP contribution in [0.2, 0.25) is 0 Å². The number of carbonyl (C=O) groups is 1. The molecule has 0 saturated carbocycles. The molecule has 126 valence electrons. The molecule has 25 heavy (non-hydrogen) atoms. The van der Waals surface area contributed by atoms with E-state index in [0.717, 1.165) is 22.9 Å². The number of carboxylic acid groups (broad SMARTS) is 1. The van der Waals surface area contributed by atoms with Crippen LogP contribution in [0, 0.1) is 6.92 Å². The van der Waals surface area contributed by atoms with Gasteiger partial charge in [-0.15, -0.1) is 0 Å². The Bertz CT molecular complexity index is 1000. The van der Waals surface area contributed by atoms with Gasteiger partial charge in [0.2, 0.25) is 0 Å². The van der Waals surface area contributed by atoms with Crippen molar-refractivity contribution in [2.24, 2.45) is 0 Å². The molecule has 0 radical (unpaired) electrons. The highest BCUT2D eigenvalue weighted by atomic mass is 16.6. The maximum Gasteiger partial charge on any atom is 0.328 e. The third-order valence-electron chi connectivity index (χ3n) is 4.00. The second-order valence-electron chi connectivity index (χ2n) is 5.81. The summed E-state index contributed by atoms with van der Waals surface area (Å²) in [6.07, 6.45) is 4.62. The first-order chi connectivity index (χ1) is 12.1. The summed E-state index contributed by atoms with van der Waals surface area (Å²) in [5.74, 6) is 0.373. The average molecular weight is 336 g/mol. The lowest BCUT2D eigenvalue weighted by Gasteiger charge is -2.18. The largest absolute Gasteiger partial charge is 0.486 e. The zero-order chi connectivity index (χ0) is 17.4. The van der Waals surface area contributed by atoms with Crippen molar-refractivity contribution in [1.82, 2.24) is 9.38 Å². The molecule has 6 heteroatoms. The van der Waals surface area contributed by atoms with Crippen molar-refractivity contribution in [1.29, 1.82) is 0 Å². The van der Waals surface area contributed by atoms with Crippen molar-refractivity contribution in [3.8, 4) is 22.8 Å². The average Bonchev–Trinajstić information content (AvgIpc) is 2.97. The van der Waals surface area contributed by atoms with Gasteiger partial charge in [0.05, 0.1) is 11.4 Å². The van der Waals surface area contributed by atoms with E-state index in [1.165, 1.54) is 0 Å². The standard InChI is InChI=1S/C19H16N2O4/c1-12-2-6-17-20-19(14(21(17)11-12)4-7-18(22)23)13-3-5-15-16(10-13)25-9-8-24-15/h2-7,10-11H,8-9H2,1H3,(H,22,23)/b7-4+. The van der Waals surface area contributed by atoms with Crippen molar-refractivity contribution in [2.75, 3.05) is 13.2 Å². The van der Waals surface area contributed by atoms with Gasteiger partial charge in [0, 0.05) is 17.8 Å². The summed E-state index contributed by atoms with van der Waals surface area (Å²) in [4.78, 5) is 15.7. The van der Waals surface area contributed by atoms with E-state index in [9.17, 15) is 4.79 Å². The number of pyridine rings is 1. The summed E-state index contributed by atoms with van der Waals surface area (Å²) in [6, 6.07) is 9.51. The monoisotopic (exact) mass is 336 g/mol. The first-order valence-electron chi connectivity index (χ1n) is 7.91. The normalized spacial score (nSPS) is 13.5. The number of hydrogen-bond donors (Lipinski definition) is 1. The summed E-state index contributed by atoms with van der Waals surface area (Å²) in [5, 5.41) is 9.01. The molecule has 6 nitrogen and oxygen atoms in total. The Kier molecular flexibility index (Phi) is 3.65. The molecule has 4 rings (SSSR count). The number of hydrogen-bond acceptors (Lipinski definition) is 4. The van der Waals surface area contributed by atoms with Crippen LogP contribution in [-0.4, -0.2) is 33.7 Å². The van der Waals surface area contributed by atoms with Gasteiger partial charge in [0.25, 0.3) is 0 Å². The molecule has 1 aromatic carbocycles. The Balaban J connectivity index is 1.91. The number of nitrogens with zero attached hydrogens (tertiary/aromatic N) is 2. The lowest BCUT2D eigenvalue weighted by Crippen LogP contribution is -2.15. The number of aryl methyl sites for hydroxylation is 1. The Morgan fingerprint density at radius 1 is 1.20 bits per heavy atom. The predicted octanol–water partition coefficient (Wildman–Crippen LogP) is 3.18. The predicted molar refractivity (Wildman–Crippen MR) is 93.0 cm³/mol. The van der Waals surface area contributed by atoms with E-state index in [0.29, 0.717) is 36.1 Å². The van der Waals surface area contributed by atoms with Gasteiger partial charge in [0.1, 0.15) is 18.9 Å². The van der Waals surface area contributed by atoms with Crippen LogP contribution in [0.1, 0.15) is 11.3 Å². The molecule has 0 fully saturated rings. The topological polar surface area (TPSA) is 73.1 Å². The van der Waals surface area contributed by atoms with E-state index in [1.54, 1.807) is 6.08 Å². The van der Waals surface area contributed by atoms with Crippen LogP contribution in [0.15, 0.2) is 42.6 Å². The van der Waals surface area contributed by atoms with E-state index in [1.807, 2.05) is 47.9 Å². The van der Waals surface area contributed by atoms with E-state index in [2.05, 4.69) is 4.98 Å². The number of fused-ring (bicyclic) bond motifs is 2. The number of carboxylic acids is 1. The summed E-state index contributed by atoms with van der Waals surface area (Å²) in [6.45, 7) is 3.02. The second-order valence-corrected chi connectivity index (χ2v) is 5.81. The maximum absolute atomic E-state index is 11.0. The van der Waals surface area contributed by atoms with Gasteiger partial charge < -0.3 is 14.6 Å². The van der Waals surface area contributed by atoms with Crippen LogP contribution < -0.4 is 9.47 Å². The van der Waals surface area contributed by atoms with Crippen molar-refractivity contribution in [3.63, 3.8) is 0 Å². The Labute approximate surface area is 144 Å². The summed E-state index contributed by atoms with van der Waals surface area (Å²) in [7, 11) is 0. The molecule has 3 heterocycles. The molecule has 1 N–H and O–H groups in total. The highest BCUT2D eigenvalue weighted by Crippen LogP contribution is 2.35. The van der Waals surface area contributed by atoms with Crippen LogP contribution in [-0.2, 0) is 4.79 Å². The fourth-order valence-electron chi connectivity index (χ4n) is 2.88. The number of rotatable bonds is 3. The molecular weight excluding hydrogens is 320 g/mol. The lowest BCUT2D eigenvalue weighted by molar-refractivity contribution is -0.131. The highest BCUT2D eigenvalue weighted by molar-refractivity contribution is 5.87. The van der Waals surface area contributed by atoms with E-state index < -0.39 is 5.97 Å². The van der Waals surface area contributed by atoms with Crippen molar-refractivity contribution in [2.45, 2.75) is 6.92 Å². The third-order valence-corrected chi connectivity index (χ3v) is 4.00. The third kappa shape index (κ3) is 2.82. The molecular formula is C19H16N2O4. The minimum Gasteiger partial charge on any atom is -0.486 e. The summed E-state index contributed by atoms with van der Waals surface area (Å²) >= 11 is 0. The van der Waals surface area contributed by atoms with Crippen molar-refractivity contribution in [3.05, 3.63) is 53.9 Å². The van der Waals surface area contributed by atoms with Gasteiger partial charge in [-0.2, -0.15) is 0 Å². The molecule has 0 aliphatic carbocycles. The summed E-state index contributed by atoms with van der Waals surface area (Å²) < 4.78 is 13.1. The van der Waals surface area contributed by atoms with E-state index in [4.69, 9.17) is 14.6 Å². The molecule has 0 atom stereocenters. The van der Waals surface area contributed by atoms with Crippen LogP contribution >= 0.6 is 0 Å². The smallest absolute Gasteiger partial charge is 0.328 e. The van der Waals surface area contributed by atoms with Gasteiger partial charge in [-0.3, -0.25) is 4.40 Å². The zero-order valence-electron chi connectivity index (χ0n) is 13.6.